The van der Waals surface area contributed by atoms with Crippen LogP contribution in [0, 0.1) is 6.92 Å². The summed E-state index contributed by atoms with van der Waals surface area (Å²) in [6.45, 7) is 3.91. The summed E-state index contributed by atoms with van der Waals surface area (Å²) in [6.07, 6.45) is 1.74. The molecule has 3 aromatic rings. The van der Waals surface area contributed by atoms with E-state index >= 15 is 0 Å². The number of carbonyl (C=O) groups is 1. The summed E-state index contributed by atoms with van der Waals surface area (Å²) >= 11 is 3.14. The lowest BCUT2D eigenvalue weighted by Crippen LogP contribution is -2.26. The van der Waals surface area contributed by atoms with Crippen molar-refractivity contribution in [3.05, 3.63) is 56.8 Å². The molecule has 0 spiro atoms. The van der Waals surface area contributed by atoms with Crippen molar-refractivity contribution in [1.29, 1.82) is 0 Å². The van der Waals surface area contributed by atoms with Crippen LogP contribution in [0.25, 0.3) is 11.3 Å². The number of hydrogen-bond donors (Lipinski definition) is 1. The second-order valence-electron chi connectivity index (χ2n) is 4.90. The first-order valence-electron chi connectivity index (χ1n) is 6.86. The molecule has 0 bridgehead atoms. The number of aryl methyl sites for hydroxylation is 1. The second-order valence-corrected chi connectivity index (χ2v) is 6.89. The molecule has 0 saturated carbocycles. The van der Waals surface area contributed by atoms with Gasteiger partial charge in [0.15, 0.2) is 0 Å². The Morgan fingerprint density at radius 2 is 2.18 bits per heavy atom. The van der Waals surface area contributed by atoms with Gasteiger partial charge in [0, 0.05) is 28.1 Å². The lowest BCUT2D eigenvalue weighted by atomic mass is 10.1. The second kappa shape index (κ2) is 6.37. The highest BCUT2D eigenvalue weighted by atomic mass is 32.1. The topological polar surface area (TPSA) is 54.9 Å². The molecule has 0 aliphatic carbocycles. The largest absolute Gasteiger partial charge is 0.343 e. The van der Waals surface area contributed by atoms with E-state index in [4.69, 9.17) is 0 Å². The Bertz CT molecular complexity index is 780. The van der Waals surface area contributed by atoms with Crippen LogP contribution in [0.15, 0.2) is 41.2 Å². The third kappa shape index (κ3) is 3.23. The zero-order valence-electron chi connectivity index (χ0n) is 12.2. The van der Waals surface area contributed by atoms with Crippen LogP contribution >= 0.6 is 22.7 Å². The van der Waals surface area contributed by atoms with E-state index < -0.39 is 0 Å². The van der Waals surface area contributed by atoms with Crippen molar-refractivity contribution in [2.75, 3.05) is 0 Å². The van der Waals surface area contributed by atoms with E-state index in [0.717, 1.165) is 21.3 Å². The van der Waals surface area contributed by atoms with E-state index in [-0.39, 0.29) is 11.9 Å². The summed E-state index contributed by atoms with van der Waals surface area (Å²) in [4.78, 5) is 21.1. The van der Waals surface area contributed by atoms with Gasteiger partial charge in [0.2, 0.25) is 0 Å². The van der Waals surface area contributed by atoms with Gasteiger partial charge in [0.1, 0.15) is 5.01 Å². The number of aromatic nitrogens is 2. The van der Waals surface area contributed by atoms with Gasteiger partial charge in [0.05, 0.1) is 16.7 Å². The van der Waals surface area contributed by atoms with Crippen molar-refractivity contribution >= 4 is 28.6 Å². The first kappa shape index (κ1) is 14.9. The lowest BCUT2D eigenvalue weighted by Gasteiger charge is -2.11. The third-order valence-corrected chi connectivity index (χ3v) is 4.94. The predicted molar refractivity (Wildman–Crippen MR) is 90.3 cm³/mol. The van der Waals surface area contributed by atoms with E-state index in [2.05, 4.69) is 15.3 Å². The van der Waals surface area contributed by atoms with Gasteiger partial charge in [-0.3, -0.25) is 4.79 Å². The van der Waals surface area contributed by atoms with Gasteiger partial charge in [-0.05, 0) is 26.0 Å². The first-order chi connectivity index (χ1) is 10.6. The van der Waals surface area contributed by atoms with Gasteiger partial charge in [0.25, 0.3) is 5.91 Å². The highest BCUT2D eigenvalue weighted by molar-refractivity contribution is 7.10. The minimum absolute atomic E-state index is 0.0994. The van der Waals surface area contributed by atoms with Gasteiger partial charge < -0.3 is 5.32 Å². The highest BCUT2D eigenvalue weighted by Crippen LogP contribution is 2.23. The summed E-state index contributed by atoms with van der Waals surface area (Å²) in [5.74, 6) is -0.100. The molecule has 1 atom stereocenters. The van der Waals surface area contributed by atoms with Crippen LogP contribution in [0.1, 0.15) is 33.3 Å². The molecule has 0 radical (unpaired) electrons. The molecule has 2 heterocycles. The molecule has 0 aliphatic rings. The molecule has 0 saturated heterocycles. The van der Waals surface area contributed by atoms with E-state index in [1.165, 1.54) is 11.3 Å². The van der Waals surface area contributed by atoms with Crippen LogP contribution in [0.4, 0.5) is 0 Å². The number of hydrogen-bond acceptors (Lipinski definition) is 5. The minimum atomic E-state index is -0.100. The van der Waals surface area contributed by atoms with Crippen molar-refractivity contribution < 1.29 is 4.79 Å². The fraction of sp³-hybridized carbons (Fsp3) is 0.188. The van der Waals surface area contributed by atoms with Crippen molar-refractivity contribution in [2.24, 2.45) is 0 Å². The number of carbonyl (C=O) groups excluding carboxylic acids is 1. The fourth-order valence-corrected chi connectivity index (χ4v) is 3.37. The van der Waals surface area contributed by atoms with Crippen LogP contribution in [-0.2, 0) is 0 Å². The number of amides is 1. The molecular weight excluding hydrogens is 314 g/mol. The van der Waals surface area contributed by atoms with E-state index in [1.54, 1.807) is 17.5 Å². The predicted octanol–water partition coefficient (Wildman–Crippen LogP) is 4.07. The Balaban J connectivity index is 1.78. The van der Waals surface area contributed by atoms with Gasteiger partial charge >= 0.3 is 0 Å². The quantitative estimate of drug-likeness (QED) is 0.785. The normalized spacial score (nSPS) is 12.1. The van der Waals surface area contributed by atoms with Crippen molar-refractivity contribution in [1.82, 2.24) is 15.3 Å². The molecule has 4 nitrogen and oxygen atoms in total. The van der Waals surface area contributed by atoms with Crippen molar-refractivity contribution in [2.45, 2.75) is 19.9 Å². The monoisotopic (exact) mass is 329 g/mol. The standard InChI is InChI=1S/C16H15N3OS2/c1-10(16-17-6-7-21-16)18-15(20)13-5-3-4-12(8-13)14-9-22-11(2)19-14/h3-10H,1-2H3,(H,18,20). The molecule has 6 heteroatoms. The zero-order chi connectivity index (χ0) is 15.5. The van der Waals surface area contributed by atoms with E-state index in [9.17, 15) is 4.79 Å². The van der Waals surface area contributed by atoms with Crippen LogP contribution in [-0.4, -0.2) is 15.9 Å². The summed E-state index contributed by atoms with van der Waals surface area (Å²) < 4.78 is 0. The Kier molecular flexibility index (Phi) is 4.31. The molecule has 1 N–H and O–H groups in total. The summed E-state index contributed by atoms with van der Waals surface area (Å²) in [5.41, 5.74) is 2.50. The smallest absolute Gasteiger partial charge is 0.251 e. The van der Waals surface area contributed by atoms with Crippen LogP contribution < -0.4 is 5.32 Å². The Morgan fingerprint density at radius 1 is 1.32 bits per heavy atom. The molecule has 112 valence electrons. The maximum atomic E-state index is 12.4. The Labute approximate surface area is 136 Å². The molecule has 3 rings (SSSR count). The summed E-state index contributed by atoms with van der Waals surface area (Å²) in [6, 6.07) is 7.44. The van der Waals surface area contributed by atoms with Crippen LogP contribution in [0.2, 0.25) is 0 Å². The fourth-order valence-electron chi connectivity index (χ4n) is 2.11. The lowest BCUT2D eigenvalue weighted by molar-refractivity contribution is 0.0940. The SMILES string of the molecule is Cc1nc(-c2cccc(C(=O)NC(C)c3nccs3)c2)cs1. The number of nitrogens with one attached hydrogen (secondary N) is 1. The molecular formula is C16H15N3OS2. The molecule has 22 heavy (non-hydrogen) atoms. The Hall–Kier alpha value is -2.05. The molecule has 1 amide bonds. The Morgan fingerprint density at radius 3 is 2.86 bits per heavy atom. The van der Waals surface area contributed by atoms with Gasteiger partial charge in [-0.2, -0.15) is 0 Å². The number of benzene rings is 1. The zero-order valence-corrected chi connectivity index (χ0v) is 13.9. The van der Waals surface area contributed by atoms with Gasteiger partial charge in [-0.15, -0.1) is 22.7 Å². The third-order valence-electron chi connectivity index (χ3n) is 3.21. The maximum Gasteiger partial charge on any atom is 0.251 e. The molecule has 2 aromatic heterocycles. The summed E-state index contributed by atoms with van der Waals surface area (Å²) in [7, 11) is 0. The number of rotatable bonds is 4. The average molecular weight is 329 g/mol. The number of nitrogens with zero attached hydrogens (tertiary/aromatic N) is 2. The van der Waals surface area contributed by atoms with Crippen molar-refractivity contribution in [3.63, 3.8) is 0 Å². The molecule has 1 aromatic carbocycles. The highest BCUT2D eigenvalue weighted by Gasteiger charge is 2.14. The molecule has 0 fully saturated rings. The molecule has 1 unspecified atom stereocenters. The van der Waals surface area contributed by atoms with Crippen molar-refractivity contribution in [3.8, 4) is 11.3 Å². The van der Waals surface area contributed by atoms with Gasteiger partial charge in [-0.25, -0.2) is 9.97 Å². The summed E-state index contributed by atoms with van der Waals surface area (Å²) in [5, 5.41) is 8.80. The van der Waals surface area contributed by atoms with Crippen LogP contribution in [0.5, 0.6) is 0 Å². The van der Waals surface area contributed by atoms with Crippen LogP contribution in [0.3, 0.4) is 0 Å². The minimum Gasteiger partial charge on any atom is -0.343 e. The van der Waals surface area contributed by atoms with E-state index in [1.807, 2.05) is 48.9 Å². The maximum absolute atomic E-state index is 12.4. The number of thiazole rings is 2. The molecule has 0 aliphatic heterocycles. The van der Waals surface area contributed by atoms with E-state index in [0.29, 0.717) is 5.56 Å². The van der Waals surface area contributed by atoms with Gasteiger partial charge in [-0.1, -0.05) is 12.1 Å². The average Bonchev–Trinajstić information content (AvgIpc) is 3.18. The first-order valence-corrected chi connectivity index (χ1v) is 8.62.